The van der Waals surface area contributed by atoms with E-state index in [0.29, 0.717) is 17.0 Å². The first kappa shape index (κ1) is 18.2. The number of halogens is 1. The van der Waals surface area contributed by atoms with Crippen LogP contribution in [-0.2, 0) is 6.42 Å². The van der Waals surface area contributed by atoms with E-state index in [1.54, 1.807) is 6.07 Å². The van der Waals surface area contributed by atoms with Gasteiger partial charge in [-0.05, 0) is 43.9 Å². The number of nitrogens with two attached hydrogens (primary N) is 1. The number of amides is 1. The third-order valence-electron chi connectivity index (χ3n) is 4.77. The molecule has 1 aromatic heterocycles. The zero-order valence-corrected chi connectivity index (χ0v) is 15.2. The fourth-order valence-corrected chi connectivity index (χ4v) is 3.36. The molecule has 0 aliphatic carbocycles. The number of primary amides is 1. The predicted molar refractivity (Wildman–Crippen MR) is 96.6 cm³/mol. The smallest absolute Gasteiger partial charge is 0.251 e. The summed E-state index contributed by atoms with van der Waals surface area (Å²) in [6.45, 7) is 10.5. The molecule has 0 saturated heterocycles. The van der Waals surface area contributed by atoms with Gasteiger partial charge in [-0.3, -0.25) is 4.79 Å². The fraction of sp³-hybridized carbons (Fsp3) is 0.450. The van der Waals surface area contributed by atoms with Gasteiger partial charge in [0.2, 0.25) is 0 Å². The van der Waals surface area contributed by atoms with Crippen molar-refractivity contribution in [3.8, 4) is 11.1 Å². The summed E-state index contributed by atoms with van der Waals surface area (Å²) in [7, 11) is 0. The molecule has 1 atom stereocenters. The Labute approximate surface area is 143 Å². The summed E-state index contributed by atoms with van der Waals surface area (Å²) >= 11 is 0. The molecule has 1 aromatic carbocycles. The highest BCUT2D eigenvalue weighted by atomic mass is 19.1. The van der Waals surface area contributed by atoms with Crippen LogP contribution in [0.15, 0.2) is 24.3 Å². The van der Waals surface area contributed by atoms with Crippen molar-refractivity contribution in [1.82, 2.24) is 4.57 Å². The molecule has 0 aliphatic rings. The molecule has 24 heavy (non-hydrogen) atoms. The lowest BCUT2D eigenvalue weighted by atomic mass is 9.98. The van der Waals surface area contributed by atoms with Crippen LogP contribution >= 0.6 is 0 Å². The third kappa shape index (κ3) is 3.23. The van der Waals surface area contributed by atoms with E-state index in [0.717, 1.165) is 29.8 Å². The van der Waals surface area contributed by atoms with Crippen molar-refractivity contribution < 1.29 is 9.18 Å². The summed E-state index contributed by atoms with van der Waals surface area (Å²) in [6, 6.07) is 6.63. The summed E-state index contributed by atoms with van der Waals surface area (Å²) in [5.74, 6) is -0.362. The van der Waals surface area contributed by atoms with Crippen LogP contribution < -0.4 is 5.73 Å². The molecule has 0 aliphatic heterocycles. The van der Waals surface area contributed by atoms with E-state index in [4.69, 9.17) is 5.73 Å². The first-order chi connectivity index (χ1) is 11.3. The van der Waals surface area contributed by atoms with Gasteiger partial charge in [0.05, 0.1) is 5.56 Å². The monoisotopic (exact) mass is 330 g/mol. The third-order valence-corrected chi connectivity index (χ3v) is 4.77. The van der Waals surface area contributed by atoms with Gasteiger partial charge in [0.15, 0.2) is 0 Å². The second-order valence-electron chi connectivity index (χ2n) is 6.76. The number of rotatable bonds is 6. The molecule has 0 fully saturated rings. The first-order valence-electron chi connectivity index (χ1n) is 8.58. The van der Waals surface area contributed by atoms with Gasteiger partial charge in [-0.2, -0.15) is 0 Å². The number of carbonyl (C=O) groups is 1. The van der Waals surface area contributed by atoms with Crippen LogP contribution in [0.4, 0.5) is 4.39 Å². The van der Waals surface area contributed by atoms with Crippen LogP contribution in [0.3, 0.4) is 0 Å². The molecule has 2 rings (SSSR count). The maximum Gasteiger partial charge on any atom is 0.251 e. The largest absolute Gasteiger partial charge is 0.366 e. The van der Waals surface area contributed by atoms with Gasteiger partial charge < -0.3 is 10.3 Å². The Morgan fingerprint density at radius 1 is 1.29 bits per heavy atom. The van der Waals surface area contributed by atoms with Crippen molar-refractivity contribution in [2.24, 2.45) is 11.7 Å². The highest BCUT2D eigenvalue weighted by molar-refractivity contribution is 6.02. The van der Waals surface area contributed by atoms with E-state index in [1.165, 1.54) is 12.1 Å². The molecule has 1 heterocycles. The maximum absolute atomic E-state index is 13.8. The molecule has 2 aromatic rings. The zero-order valence-electron chi connectivity index (χ0n) is 15.2. The molecule has 2 N–H and O–H groups in total. The van der Waals surface area contributed by atoms with Crippen molar-refractivity contribution in [3.63, 3.8) is 0 Å². The van der Waals surface area contributed by atoms with E-state index in [9.17, 15) is 9.18 Å². The minimum atomic E-state index is -0.459. The topological polar surface area (TPSA) is 48.0 Å². The van der Waals surface area contributed by atoms with Crippen LogP contribution in [0.2, 0.25) is 0 Å². The van der Waals surface area contributed by atoms with Crippen molar-refractivity contribution in [1.29, 1.82) is 0 Å². The van der Waals surface area contributed by atoms with E-state index in [1.807, 2.05) is 13.0 Å². The molecule has 1 amide bonds. The lowest BCUT2D eigenvalue weighted by molar-refractivity contribution is 0.1000. The van der Waals surface area contributed by atoms with E-state index in [-0.39, 0.29) is 11.9 Å². The van der Waals surface area contributed by atoms with Gasteiger partial charge in [-0.1, -0.05) is 39.3 Å². The normalized spacial score (nSPS) is 12.6. The van der Waals surface area contributed by atoms with E-state index >= 15 is 0 Å². The quantitative estimate of drug-likeness (QED) is 0.807. The fourth-order valence-electron chi connectivity index (χ4n) is 3.36. The van der Waals surface area contributed by atoms with E-state index < -0.39 is 5.91 Å². The van der Waals surface area contributed by atoms with Gasteiger partial charge in [0.1, 0.15) is 5.82 Å². The standard InChI is InChI=1S/C20H27FN2O/c1-6-8-17-19(15-9-7-10-16(21)11-15)18(20(22)24)14(5)23(17)13(4)12(2)3/h7,9-13H,6,8H2,1-5H3,(H2,22,24). The molecule has 0 bridgehead atoms. The summed E-state index contributed by atoms with van der Waals surface area (Å²) < 4.78 is 16.0. The van der Waals surface area contributed by atoms with Gasteiger partial charge in [-0.15, -0.1) is 0 Å². The van der Waals surface area contributed by atoms with Gasteiger partial charge in [-0.25, -0.2) is 4.39 Å². The SMILES string of the molecule is CCCc1c(-c2cccc(F)c2)c(C(N)=O)c(C)n1C(C)C(C)C. The maximum atomic E-state index is 13.8. The second-order valence-corrected chi connectivity index (χ2v) is 6.76. The van der Waals surface area contributed by atoms with Crippen LogP contribution in [0.25, 0.3) is 11.1 Å². The molecular weight excluding hydrogens is 303 g/mol. The lowest BCUT2D eigenvalue weighted by Gasteiger charge is -2.23. The number of hydrogen-bond donors (Lipinski definition) is 1. The highest BCUT2D eigenvalue weighted by Gasteiger charge is 2.27. The van der Waals surface area contributed by atoms with Gasteiger partial charge >= 0.3 is 0 Å². The Morgan fingerprint density at radius 3 is 2.46 bits per heavy atom. The molecule has 3 nitrogen and oxygen atoms in total. The summed E-state index contributed by atoms with van der Waals surface area (Å²) in [6.07, 6.45) is 1.76. The Kier molecular flexibility index (Phi) is 5.47. The summed E-state index contributed by atoms with van der Waals surface area (Å²) in [5.41, 5.74) is 9.64. The Bertz CT molecular complexity index is 746. The van der Waals surface area contributed by atoms with Crippen molar-refractivity contribution in [2.75, 3.05) is 0 Å². The second kappa shape index (κ2) is 7.20. The lowest BCUT2D eigenvalue weighted by Crippen LogP contribution is -2.17. The van der Waals surface area contributed by atoms with Crippen LogP contribution in [0, 0.1) is 18.7 Å². The molecule has 4 heteroatoms. The van der Waals surface area contributed by atoms with Gasteiger partial charge in [0.25, 0.3) is 5.91 Å². The number of aromatic nitrogens is 1. The van der Waals surface area contributed by atoms with Crippen molar-refractivity contribution >= 4 is 5.91 Å². The minimum absolute atomic E-state index is 0.229. The number of benzene rings is 1. The number of carbonyl (C=O) groups excluding carboxylic acids is 1. The number of hydrogen-bond acceptors (Lipinski definition) is 1. The van der Waals surface area contributed by atoms with E-state index in [2.05, 4.69) is 32.3 Å². The Balaban J connectivity index is 2.85. The molecule has 0 saturated carbocycles. The minimum Gasteiger partial charge on any atom is -0.366 e. The van der Waals surface area contributed by atoms with Gasteiger partial charge in [0, 0.05) is 23.0 Å². The Morgan fingerprint density at radius 2 is 1.96 bits per heavy atom. The zero-order chi connectivity index (χ0) is 18.0. The first-order valence-corrected chi connectivity index (χ1v) is 8.58. The highest BCUT2D eigenvalue weighted by Crippen LogP contribution is 2.37. The van der Waals surface area contributed by atoms with Crippen LogP contribution in [0.5, 0.6) is 0 Å². The molecule has 0 spiro atoms. The predicted octanol–water partition coefficient (Wildman–Crippen LogP) is 4.87. The summed E-state index contributed by atoms with van der Waals surface area (Å²) in [4.78, 5) is 12.2. The summed E-state index contributed by atoms with van der Waals surface area (Å²) in [5, 5.41) is 0. The van der Waals surface area contributed by atoms with Crippen molar-refractivity contribution in [3.05, 3.63) is 47.0 Å². The molecular formula is C20H27FN2O. The number of nitrogens with zero attached hydrogens (tertiary/aromatic N) is 1. The molecule has 0 radical (unpaired) electrons. The van der Waals surface area contributed by atoms with Crippen molar-refractivity contribution in [2.45, 2.75) is 53.5 Å². The average Bonchev–Trinajstić information content (AvgIpc) is 2.79. The average molecular weight is 330 g/mol. The molecule has 1 unspecified atom stereocenters. The van der Waals surface area contributed by atoms with Crippen LogP contribution in [-0.4, -0.2) is 10.5 Å². The Hall–Kier alpha value is -2.10. The molecule has 130 valence electrons. The van der Waals surface area contributed by atoms with Crippen LogP contribution in [0.1, 0.15) is 61.9 Å².